The number of nitrogens with zero attached hydrogens (tertiary/aromatic N) is 1. The van der Waals surface area contributed by atoms with Gasteiger partial charge < -0.3 is 20.6 Å². The molecule has 5 atom stereocenters. The SMILES string of the molecule is C[C@@H]1CCN(C[C@H](Cc2ccccc2)C(=O)N[C@@H](CO)C(=O)O)C(c2cccc(O)c2)[C@@H]1C. The number of benzene rings is 2. The number of rotatable bonds is 9. The van der Waals surface area contributed by atoms with Crippen LogP contribution in [0.4, 0.5) is 0 Å². The Morgan fingerprint density at radius 2 is 1.85 bits per heavy atom. The highest BCUT2D eigenvalue weighted by molar-refractivity contribution is 5.85. The first kappa shape index (κ1) is 24.7. The second-order valence-corrected chi connectivity index (χ2v) is 9.13. The van der Waals surface area contributed by atoms with Crippen molar-refractivity contribution in [1.29, 1.82) is 0 Å². The first-order valence-corrected chi connectivity index (χ1v) is 11.5. The van der Waals surface area contributed by atoms with E-state index in [1.165, 1.54) is 0 Å². The number of nitrogens with one attached hydrogen (secondary N) is 1. The molecule has 33 heavy (non-hydrogen) atoms. The Labute approximate surface area is 195 Å². The quantitative estimate of drug-likeness (QED) is 0.464. The third-order valence-electron chi connectivity index (χ3n) is 6.82. The number of piperidine rings is 1. The number of hydrogen-bond donors (Lipinski definition) is 4. The summed E-state index contributed by atoms with van der Waals surface area (Å²) >= 11 is 0. The summed E-state index contributed by atoms with van der Waals surface area (Å²) in [6, 6.07) is 15.6. The number of amides is 1. The van der Waals surface area contributed by atoms with Gasteiger partial charge in [0.05, 0.1) is 12.5 Å². The van der Waals surface area contributed by atoms with Crippen LogP contribution in [0.5, 0.6) is 5.75 Å². The Hall–Kier alpha value is -2.90. The average molecular weight is 455 g/mol. The van der Waals surface area contributed by atoms with Crippen molar-refractivity contribution in [2.24, 2.45) is 17.8 Å². The molecule has 7 nitrogen and oxygen atoms in total. The largest absolute Gasteiger partial charge is 0.508 e. The maximum Gasteiger partial charge on any atom is 0.328 e. The Morgan fingerprint density at radius 1 is 1.12 bits per heavy atom. The molecule has 0 bridgehead atoms. The van der Waals surface area contributed by atoms with Crippen LogP contribution in [0.25, 0.3) is 0 Å². The normalized spacial score (nSPS) is 22.9. The van der Waals surface area contributed by atoms with Crippen LogP contribution in [-0.2, 0) is 16.0 Å². The molecule has 1 aliphatic rings. The van der Waals surface area contributed by atoms with Crippen LogP contribution < -0.4 is 5.32 Å². The van der Waals surface area contributed by atoms with Gasteiger partial charge in [0.25, 0.3) is 0 Å². The van der Waals surface area contributed by atoms with Gasteiger partial charge in [-0.1, -0.05) is 56.3 Å². The van der Waals surface area contributed by atoms with Gasteiger partial charge in [-0.15, -0.1) is 0 Å². The van der Waals surface area contributed by atoms with Gasteiger partial charge in [0, 0.05) is 12.6 Å². The fraction of sp³-hybridized carbons (Fsp3) is 0.462. The maximum atomic E-state index is 13.2. The zero-order chi connectivity index (χ0) is 24.0. The van der Waals surface area contributed by atoms with E-state index in [9.17, 15) is 24.9 Å². The van der Waals surface area contributed by atoms with E-state index in [4.69, 9.17) is 0 Å². The second-order valence-electron chi connectivity index (χ2n) is 9.13. The Kier molecular flexibility index (Phi) is 8.47. The fourth-order valence-corrected chi connectivity index (χ4v) is 4.74. The van der Waals surface area contributed by atoms with Crippen LogP contribution in [-0.4, -0.2) is 57.8 Å². The van der Waals surface area contributed by atoms with Gasteiger partial charge in [-0.2, -0.15) is 0 Å². The summed E-state index contributed by atoms with van der Waals surface area (Å²) < 4.78 is 0. The van der Waals surface area contributed by atoms with Gasteiger partial charge in [-0.3, -0.25) is 9.69 Å². The van der Waals surface area contributed by atoms with Gasteiger partial charge in [0.15, 0.2) is 0 Å². The van der Waals surface area contributed by atoms with Crippen molar-refractivity contribution >= 4 is 11.9 Å². The first-order valence-electron chi connectivity index (χ1n) is 11.5. The lowest BCUT2D eigenvalue weighted by Gasteiger charge is -2.45. The summed E-state index contributed by atoms with van der Waals surface area (Å²) in [6.45, 7) is 5.00. The van der Waals surface area contributed by atoms with E-state index in [2.05, 4.69) is 24.1 Å². The summed E-state index contributed by atoms with van der Waals surface area (Å²) in [5, 5.41) is 31.2. The summed E-state index contributed by atoms with van der Waals surface area (Å²) in [5.41, 5.74) is 1.99. The smallest absolute Gasteiger partial charge is 0.328 e. The van der Waals surface area contributed by atoms with E-state index in [-0.39, 0.29) is 17.7 Å². The molecule has 0 aliphatic carbocycles. The van der Waals surface area contributed by atoms with Gasteiger partial charge in [0.1, 0.15) is 11.8 Å². The number of hydrogen-bond acceptors (Lipinski definition) is 5. The van der Waals surface area contributed by atoms with Crippen LogP contribution in [0.15, 0.2) is 54.6 Å². The molecule has 3 rings (SSSR count). The minimum atomic E-state index is -1.34. The lowest BCUT2D eigenvalue weighted by Crippen LogP contribution is -2.50. The topological polar surface area (TPSA) is 110 Å². The molecule has 1 fully saturated rings. The number of carbonyl (C=O) groups excluding carboxylic acids is 1. The third-order valence-corrected chi connectivity index (χ3v) is 6.82. The predicted molar refractivity (Wildman–Crippen MR) is 126 cm³/mol. The van der Waals surface area contributed by atoms with E-state index in [1.807, 2.05) is 42.5 Å². The fourth-order valence-electron chi connectivity index (χ4n) is 4.74. The first-order chi connectivity index (χ1) is 15.8. The molecule has 0 saturated carbocycles. The molecule has 7 heteroatoms. The van der Waals surface area contributed by atoms with Gasteiger partial charge in [-0.25, -0.2) is 4.79 Å². The molecule has 2 aromatic rings. The summed E-state index contributed by atoms with van der Waals surface area (Å²) in [4.78, 5) is 26.8. The molecule has 0 radical (unpaired) electrons. The van der Waals surface area contributed by atoms with Crippen LogP contribution in [0.2, 0.25) is 0 Å². The summed E-state index contributed by atoms with van der Waals surface area (Å²) in [6.07, 6.45) is 1.45. The number of aromatic hydroxyl groups is 1. The number of phenolic OH excluding ortho intramolecular Hbond substituents is 1. The number of aliphatic hydroxyl groups is 1. The van der Waals surface area contributed by atoms with Crippen molar-refractivity contribution in [2.45, 2.75) is 38.8 Å². The standard InChI is InChI=1S/C26H34N2O5/c1-17-11-12-28(24(18(17)2)20-9-6-10-22(30)14-20)15-21(13-19-7-4-3-5-8-19)25(31)27-23(16-29)26(32)33/h3-10,14,17-18,21,23-24,29-30H,11-13,15-16H2,1-2H3,(H,27,31)(H,32,33)/t17-,18-,21+,23+,24?/m1/s1. The van der Waals surface area contributed by atoms with Crippen LogP contribution in [0.1, 0.15) is 37.4 Å². The van der Waals surface area contributed by atoms with Gasteiger partial charge in [-0.05, 0) is 54.5 Å². The lowest BCUT2D eigenvalue weighted by atomic mass is 9.78. The van der Waals surface area contributed by atoms with Gasteiger partial charge >= 0.3 is 5.97 Å². The predicted octanol–water partition coefficient (Wildman–Crippen LogP) is 2.83. The van der Waals surface area contributed by atoms with E-state index < -0.39 is 24.5 Å². The number of likely N-dealkylation sites (tertiary alicyclic amines) is 1. The maximum absolute atomic E-state index is 13.2. The number of carboxylic acids is 1. The molecule has 1 heterocycles. The molecular weight excluding hydrogens is 420 g/mol. The summed E-state index contributed by atoms with van der Waals surface area (Å²) in [5.74, 6) is -1.14. The van der Waals surface area contributed by atoms with Crippen LogP contribution in [0.3, 0.4) is 0 Å². The molecule has 1 unspecified atom stereocenters. The highest BCUT2D eigenvalue weighted by Crippen LogP contribution is 2.40. The highest BCUT2D eigenvalue weighted by Gasteiger charge is 2.37. The number of phenols is 1. The molecule has 178 valence electrons. The monoisotopic (exact) mass is 454 g/mol. The second kappa shape index (κ2) is 11.3. The zero-order valence-corrected chi connectivity index (χ0v) is 19.2. The average Bonchev–Trinajstić information content (AvgIpc) is 2.79. The van der Waals surface area contributed by atoms with Crippen molar-refractivity contribution in [2.75, 3.05) is 19.7 Å². The molecule has 1 amide bonds. The molecule has 0 aromatic heterocycles. The zero-order valence-electron chi connectivity index (χ0n) is 19.2. The minimum Gasteiger partial charge on any atom is -0.508 e. The van der Waals surface area contributed by atoms with Crippen molar-refractivity contribution in [3.05, 3.63) is 65.7 Å². The van der Waals surface area contributed by atoms with Crippen molar-refractivity contribution in [3.63, 3.8) is 0 Å². The molecule has 4 N–H and O–H groups in total. The van der Waals surface area contributed by atoms with E-state index in [0.29, 0.717) is 24.8 Å². The van der Waals surface area contributed by atoms with E-state index in [0.717, 1.165) is 24.1 Å². The summed E-state index contributed by atoms with van der Waals surface area (Å²) in [7, 11) is 0. The number of carbonyl (C=O) groups is 2. The molecular formula is C26H34N2O5. The molecule has 0 spiro atoms. The Morgan fingerprint density at radius 3 is 2.48 bits per heavy atom. The number of carboxylic acid groups (broad SMARTS) is 1. The van der Waals surface area contributed by atoms with Crippen molar-refractivity contribution in [1.82, 2.24) is 10.2 Å². The van der Waals surface area contributed by atoms with Crippen molar-refractivity contribution in [3.8, 4) is 5.75 Å². The highest BCUT2D eigenvalue weighted by atomic mass is 16.4. The Bertz CT molecular complexity index is 935. The van der Waals surface area contributed by atoms with Crippen molar-refractivity contribution < 1.29 is 24.9 Å². The number of aliphatic hydroxyl groups excluding tert-OH is 1. The third kappa shape index (κ3) is 6.33. The van der Waals surface area contributed by atoms with E-state index >= 15 is 0 Å². The van der Waals surface area contributed by atoms with Crippen LogP contribution in [0, 0.1) is 17.8 Å². The Balaban J connectivity index is 1.88. The lowest BCUT2D eigenvalue weighted by molar-refractivity contribution is -0.143. The minimum absolute atomic E-state index is 0.0278. The molecule has 1 aliphatic heterocycles. The molecule has 1 saturated heterocycles. The van der Waals surface area contributed by atoms with E-state index in [1.54, 1.807) is 12.1 Å². The van der Waals surface area contributed by atoms with Gasteiger partial charge in [0.2, 0.25) is 5.91 Å². The number of aliphatic carboxylic acids is 1. The molecule has 2 aromatic carbocycles. The van der Waals surface area contributed by atoms with Crippen LogP contribution >= 0.6 is 0 Å².